The second-order valence-electron chi connectivity index (χ2n) is 7.30. The van der Waals surface area contributed by atoms with Crippen molar-refractivity contribution in [2.75, 3.05) is 31.1 Å². The van der Waals surface area contributed by atoms with Gasteiger partial charge in [0.25, 0.3) is 0 Å². The van der Waals surface area contributed by atoms with Crippen LogP contribution < -0.4 is 4.90 Å². The van der Waals surface area contributed by atoms with Crippen LogP contribution in [0, 0.1) is 5.41 Å². The molecular formula is C20H24N4OS. The van der Waals surface area contributed by atoms with Crippen molar-refractivity contribution in [3.05, 3.63) is 47.2 Å². The van der Waals surface area contributed by atoms with Gasteiger partial charge in [0, 0.05) is 37.1 Å². The summed E-state index contributed by atoms with van der Waals surface area (Å²) in [5.41, 5.74) is 1.38. The summed E-state index contributed by atoms with van der Waals surface area (Å²) >= 11 is 1.66. The quantitative estimate of drug-likeness (QED) is 0.779. The first-order valence-corrected chi connectivity index (χ1v) is 10.1. The summed E-state index contributed by atoms with van der Waals surface area (Å²) in [6.45, 7) is 3.80. The molecule has 1 amide bonds. The number of rotatable bonds is 3. The van der Waals surface area contributed by atoms with E-state index < -0.39 is 0 Å². The molecule has 4 heterocycles. The Morgan fingerprint density at radius 2 is 1.96 bits per heavy atom. The Morgan fingerprint density at radius 1 is 1.15 bits per heavy atom. The van der Waals surface area contributed by atoms with Crippen LogP contribution in [-0.2, 0) is 4.79 Å². The molecule has 2 aliphatic heterocycles. The summed E-state index contributed by atoms with van der Waals surface area (Å²) in [6, 6.07) is 4.05. The van der Waals surface area contributed by atoms with E-state index in [1.54, 1.807) is 23.7 Å². The molecule has 2 fully saturated rings. The molecule has 0 saturated carbocycles. The monoisotopic (exact) mass is 368 g/mol. The number of thiophene rings is 1. The zero-order chi connectivity index (χ0) is 17.8. The molecule has 5 nitrogen and oxygen atoms in total. The van der Waals surface area contributed by atoms with E-state index in [0.29, 0.717) is 0 Å². The Hall–Kier alpha value is -2.21. The third-order valence-electron chi connectivity index (χ3n) is 5.64. The predicted octanol–water partition coefficient (Wildman–Crippen LogP) is 3.46. The second kappa shape index (κ2) is 7.58. The molecule has 0 aromatic carbocycles. The maximum Gasteiger partial charge on any atom is 0.246 e. The van der Waals surface area contributed by atoms with Crippen LogP contribution in [0.5, 0.6) is 0 Å². The van der Waals surface area contributed by atoms with Crippen molar-refractivity contribution in [1.82, 2.24) is 14.9 Å². The molecule has 136 valence electrons. The fourth-order valence-corrected chi connectivity index (χ4v) is 4.76. The van der Waals surface area contributed by atoms with E-state index in [2.05, 4.69) is 19.8 Å². The third kappa shape index (κ3) is 3.80. The molecule has 26 heavy (non-hydrogen) atoms. The summed E-state index contributed by atoms with van der Waals surface area (Å²) in [4.78, 5) is 26.4. The van der Waals surface area contributed by atoms with Gasteiger partial charge in [0.2, 0.25) is 5.91 Å². The molecular weight excluding hydrogens is 344 g/mol. The summed E-state index contributed by atoms with van der Waals surface area (Å²) in [7, 11) is 0. The number of nitrogens with zero attached hydrogens (tertiary/aromatic N) is 4. The van der Waals surface area contributed by atoms with E-state index in [1.807, 2.05) is 36.0 Å². The number of hydrogen-bond donors (Lipinski definition) is 0. The minimum Gasteiger partial charge on any atom is -0.369 e. The van der Waals surface area contributed by atoms with Gasteiger partial charge in [0.05, 0.1) is 18.1 Å². The second-order valence-corrected chi connectivity index (χ2v) is 8.28. The number of hydrogen-bond acceptors (Lipinski definition) is 5. The molecule has 6 heteroatoms. The number of aromatic nitrogens is 2. The lowest BCUT2D eigenvalue weighted by molar-refractivity contribution is -0.129. The van der Waals surface area contributed by atoms with E-state index in [1.165, 1.54) is 6.42 Å². The molecule has 0 unspecified atom stereocenters. The Kier molecular flexibility index (Phi) is 5.02. The lowest BCUT2D eigenvalue weighted by Crippen LogP contribution is -2.51. The van der Waals surface area contributed by atoms with Crippen molar-refractivity contribution in [3.63, 3.8) is 0 Å². The molecule has 2 aliphatic rings. The van der Waals surface area contributed by atoms with E-state index in [-0.39, 0.29) is 11.3 Å². The summed E-state index contributed by atoms with van der Waals surface area (Å²) in [6.07, 6.45) is 13.6. The number of carbonyl (C=O) groups is 1. The number of carbonyl (C=O) groups excluding carboxylic acids is 1. The average molecular weight is 369 g/mol. The van der Waals surface area contributed by atoms with Gasteiger partial charge in [-0.3, -0.25) is 4.79 Å². The first-order valence-electron chi connectivity index (χ1n) is 9.25. The van der Waals surface area contributed by atoms with Crippen LogP contribution in [-0.4, -0.2) is 47.0 Å². The lowest BCUT2D eigenvalue weighted by Gasteiger charge is -2.48. The van der Waals surface area contributed by atoms with Gasteiger partial charge in [-0.25, -0.2) is 9.97 Å². The fourth-order valence-electron chi connectivity index (χ4n) is 4.14. The van der Waals surface area contributed by atoms with Gasteiger partial charge in [-0.2, -0.15) is 0 Å². The summed E-state index contributed by atoms with van der Waals surface area (Å²) in [5, 5.41) is 2.03. The summed E-state index contributed by atoms with van der Waals surface area (Å²) < 4.78 is 0. The molecule has 2 saturated heterocycles. The standard InChI is InChI=1S/C20H24N4OS/c25-19(5-4-18-3-1-12-26-18)24-9-2-6-20(15-24)7-10-23(11-8-20)17-13-21-16-22-14-17/h1,3-5,12-14,16H,2,6-11,15H2/b5-4+. The molecule has 4 rings (SSSR count). The van der Waals surface area contributed by atoms with Crippen molar-refractivity contribution in [1.29, 1.82) is 0 Å². The lowest BCUT2D eigenvalue weighted by atomic mass is 9.72. The van der Waals surface area contributed by atoms with Crippen LogP contribution in [0.3, 0.4) is 0 Å². The van der Waals surface area contributed by atoms with E-state index in [4.69, 9.17) is 0 Å². The minimum atomic E-state index is 0.149. The van der Waals surface area contributed by atoms with Gasteiger partial charge < -0.3 is 9.80 Å². The van der Waals surface area contributed by atoms with Crippen LogP contribution in [0.15, 0.2) is 42.3 Å². The molecule has 0 atom stereocenters. The molecule has 0 radical (unpaired) electrons. The molecule has 0 aliphatic carbocycles. The number of amides is 1. The highest BCUT2D eigenvalue weighted by molar-refractivity contribution is 7.10. The molecule has 0 N–H and O–H groups in total. The molecule has 2 aromatic rings. The van der Waals surface area contributed by atoms with Gasteiger partial charge in [0.1, 0.15) is 6.33 Å². The fraction of sp³-hybridized carbons (Fsp3) is 0.450. The van der Waals surface area contributed by atoms with Crippen molar-refractivity contribution in [3.8, 4) is 0 Å². The third-order valence-corrected chi connectivity index (χ3v) is 6.48. The number of likely N-dealkylation sites (tertiary alicyclic amines) is 1. The maximum atomic E-state index is 12.6. The van der Waals surface area contributed by atoms with Crippen molar-refractivity contribution >= 4 is 29.0 Å². The zero-order valence-corrected chi connectivity index (χ0v) is 15.7. The minimum absolute atomic E-state index is 0.149. The SMILES string of the molecule is O=C(/C=C/c1cccs1)N1CCCC2(CCN(c3cncnc3)CC2)C1. The number of anilines is 1. The maximum absolute atomic E-state index is 12.6. The normalized spacial score (nSPS) is 20.0. The van der Waals surface area contributed by atoms with Crippen LogP contribution in [0.2, 0.25) is 0 Å². The van der Waals surface area contributed by atoms with Crippen molar-refractivity contribution in [2.45, 2.75) is 25.7 Å². The number of piperidine rings is 2. The molecule has 0 bridgehead atoms. The highest BCUT2D eigenvalue weighted by Gasteiger charge is 2.39. The van der Waals surface area contributed by atoms with Crippen molar-refractivity contribution in [2.24, 2.45) is 5.41 Å². The first kappa shape index (κ1) is 17.2. The Balaban J connectivity index is 1.37. The Morgan fingerprint density at radius 3 is 2.69 bits per heavy atom. The van der Waals surface area contributed by atoms with Gasteiger partial charge in [-0.15, -0.1) is 11.3 Å². The van der Waals surface area contributed by atoms with Gasteiger partial charge >= 0.3 is 0 Å². The van der Waals surface area contributed by atoms with Crippen LogP contribution >= 0.6 is 11.3 Å². The molecule has 1 spiro atoms. The predicted molar refractivity (Wildman–Crippen MR) is 105 cm³/mol. The summed E-state index contributed by atoms with van der Waals surface area (Å²) in [5.74, 6) is 0.149. The largest absolute Gasteiger partial charge is 0.369 e. The first-order chi connectivity index (χ1) is 12.7. The van der Waals surface area contributed by atoms with E-state index >= 15 is 0 Å². The zero-order valence-electron chi connectivity index (χ0n) is 14.9. The highest BCUT2D eigenvalue weighted by atomic mass is 32.1. The van der Waals surface area contributed by atoms with Crippen LogP contribution in [0.4, 0.5) is 5.69 Å². The smallest absolute Gasteiger partial charge is 0.246 e. The van der Waals surface area contributed by atoms with E-state index in [9.17, 15) is 4.79 Å². The highest BCUT2D eigenvalue weighted by Crippen LogP contribution is 2.40. The van der Waals surface area contributed by atoms with Crippen molar-refractivity contribution < 1.29 is 4.79 Å². The van der Waals surface area contributed by atoms with Crippen LogP contribution in [0.25, 0.3) is 6.08 Å². The van der Waals surface area contributed by atoms with E-state index in [0.717, 1.165) is 56.0 Å². The Labute approximate surface area is 158 Å². The van der Waals surface area contributed by atoms with Crippen LogP contribution in [0.1, 0.15) is 30.6 Å². The van der Waals surface area contributed by atoms with Gasteiger partial charge in [0.15, 0.2) is 0 Å². The van der Waals surface area contributed by atoms with Gasteiger partial charge in [-0.05, 0) is 48.6 Å². The topological polar surface area (TPSA) is 49.3 Å². The van der Waals surface area contributed by atoms with Gasteiger partial charge in [-0.1, -0.05) is 6.07 Å². The average Bonchev–Trinajstić information content (AvgIpc) is 3.21. The Bertz CT molecular complexity index is 751. The molecule has 2 aromatic heterocycles.